The van der Waals surface area contributed by atoms with Crippen molar-refractivity contribution in [3.05, 3.63) is 47.2 Å². The van der Waals surface area contributed by atoms with Gasteiger partial charge in [0.15, 0.2) is 0 Å². The second kappa shape index (κ2) is 5.53. The van der Waals surface area contributed by atoms with E-state index in [2.05, 4.69) is 46.7 Å². The lowest BCUT2D eigenvalue weighted by Gasteiger charge is -1.99. The Balaban J connectivity index is 1.50. The molecule has 1 fully saturated rings. The minimum absolute atomic E-state index is 0.669. The molecular formula is C15H19N3O. The molecule has 0 unspecified atom stereocenters. The van der Waals surface area contributed by atoms with E-state index in [9.17, 15) is 0 Å². The molecule has 0 radical (unpaired) electrons. The first kappa shape index (κ1) is 12.4. The Bertz CT molecular complexity index is 529. The summed E-state index contributed by atoms with van der Waals surface area (Å²) in [5, 5.41) is 11.5. The minimum Gasteiger partial charge on any atom is -0.424 e. The lowest BCUT2D eigenvalue weighted by atomic mass is 10.1. The van der Waals surface area contributed by atoms with Gasteiger partial charge >= 0.3 is 0 Å². The van der Waals surface area contributed by atoms with Crippen molar-refractivity contribution in [1.82, 2.24) is 15.5 Å². The van der Waals surface area contributed by atoms with Gasteiger partial charge in [0.25, 0.3) is 0 Å². The van der Waals surface area contributed by atoms with Crippen molar-refractivity contribution in [2.45, 2.75) is 45.2 Å². The zero-order valence-electron chi connectivity index (χ0n) is 11.2. The summed E-state index contributed by atoms with van der Waals surface area (Å²) in [6.45, 7) is 2.79. The van der Waals surface area contributed by atoms with Crippen LogP contribution in [0.15, 0.2) is 28.7 Å². The fraction of sp³-hybridized carbons (Fsp3) is 0.467. The van der Waals surface area contributed by atoms with Gasteiger partial charge in [-0.05, 0) is 31.7 Å². The van der Waals surface area contributed by atoms with Crippen molar-refractivity contribution in [2.75, 3.05) is 0 Å². The van der Waals surface area contributed by atoms with Gasteiger partial charge in [-0.3, -0.25) is 0 Å². The van der Waals surface area contributed by atoms with Gasteiger partial charge in [-0.15, -0.1) is 10.2 Å². The van der Waals surface area contributed by atoms with Crippen LogP contribution in [-0.4, -0.2) is 16.2 Å². The van der Waals surface area contributed by atoms with Crippen molar-refractivity contribution < 1.29 is 4.42 Å². The number of nitrogens with one attached hydrogen (secondary N) is 1. The van der Waals surface area contributed by atoms with Gasteiger partial charge in [-0.2, -0.15) is 0 Å². The lowest BCUT2D eigenvalue weighted by Crippen LogP contribution is -2.15. The first-order valence-corrected chi connectivity index (χ1v) is 6.90. The molecule has 1 aliphatic rings. The van der Waals surface area contributed by atoms with E-state index in [-0.39, 0.29) is 0 Å². The van der Waals surface area contributed by atoms with Crippen LogP contribution in [-0.2, 0) is 19.4 Å². The highest BCUT2D eigenvalue weighted by Gasteiger charge is 2.21. The summed E-state index contributed by atoms with van der Waals surface area (Å²) in [7, 11) is 0. The molecule has 0 saturated heterocycles. The Hall–Kier alpha value is -1.68. The summed E-state index contributed by atoms with van der Waals surface area (Å²) in [5.74, 6) is 1.43. The van der Waals surface area contributed by atoms with Gasteiger partial charge in [0.1, 0.15) is 0 Å². The molecule has 4 nitrogen and oxygen atoms in total. The second-order valence-electron chi connectivity index (χ2n) is 5.23. The number of aryl methyl sites for hydroxylation is 3. The Labute approximate surface area is 113 Å². The molecule has 0 atom stereocenters. The normalized spacial score (nSPS) is 14.8. The molecule has 1 N–H and O–H groups in total. The quantitative estimate of drug-likeness (QED) is 0.863. The first-order valence-electron chi connectivity index (χ1n) is 6.90. The third-order valence-corrected chi connectivity index (χ3v) is 3.38. The third-order valence-electron chi connectivity index (χ3n) is 3.38. The molecule has 1 aromatic heterocycles. The number of aromatic nitrogens is 2. The van der Waals surface area contributed by atoms with Crippen LogP contribution in [0.25, 0.3) is 0 Å². The molecule has 100 valence electrons. The van der Waals surface area contributed by atoms with Crippen LogP contribution in [0.4, 0.5) is 0 Å². The van der Waals surface area contributed by atoms with Crippen LogP contribution in [0.3, 0.4) is 0 Å². The lowest BCUT2D eigenvalue weighted by molar-refractivity contribution is 0.431. The van der Waals surface area contributed by atoms with E-state index in [4.69, 9.17) is 4.42 Å². The molecule has 1 aliphatic carbocycles. The summed E-state index contributed by atoms with van der Waals surface area (Å²) in [5.41, 5.74) is 2.59. The average Bonchev–Trinajstić information content (AvgIpc) is 3.15. The molecule has 1 aromatic carbocycles. The van der Waals surface area contributed by atoms with Crippen molar-refractivity contribution in [2.24, 2.45) is 0 Å². The van der Waals surface area contributed by atoms with Crippen LogP contribution < -0.4 is 5.32 Å². The Morgan fingerprint density at radius 1 is 1.11 bits per heavy atom. The van der Waals surface area contributed by atoms with Gasteiger partial charge in [0, 0.05) is 12.5 Å². The molecule has 19 heavy (non-hydrogen) atoms. The Morgan fingerprint density at radius 2 is 1.84 bits per heavy atom. The molecule has 2 aromatic rings. The first-order chi connectivity index (χ1) is 9.29. The van der Waals surface area contributed by atoms with E-state index >= 15 is 0 Å². The third kappa shape index (κ3) is 3.64. The smallest absolute Gasteiger partial charge is 0.230 e. The van der Waals surface area contributed by atoms with E-state index in [1.807, 2.05) is 0 Å². The maximum atomic E-state index is 5.62. The number of hydrogen-bond acceptors (Lipinski definition) is 4. The zero-order chi connectivity index (χ0) is 13.1. The van der Waals surface area contributed by atoms with Crippen molar-refractivity contribution in [3.8, 4) is 0 Å². The molecule has 1 heterocycles. The van der Waals surface area contributed by atoms with Crippen LogP contribution in [0, 0.1) is 6.92 Å². The SMILES string of the molecule is Cc1ccc(CCc2nnc(CNC3CC3)o2)cc1. The second-order valence-corrected chi connectivity index (χ2v) is 5.23. The monoisotopic (exact) mass is 257 g/mol. The van der Waals surface area contributed by atoms with Crippen LogP contribution >= 0.6 is 0 Å². The van der Waals surface area contributed by atoms with Crippen molar-refractivity contribution in [1.29, 1.82) is 0 Å². The van der Waals surface area contributed by atoms with Gasteiger partial charge in [0.05, 0.1) is 6.54 Å². The molecule has 0 spiro atoms. The van der Waals surface area contributed by atoms with Crippen molar-refractivity contribution >= 4 is 0 Å². The maximum Gasteiger partial charge on any atom is 0.230 e. The maximum absolute atomic E-state index is 5.62. The topological polar surface area (TPSA) is 51.0 Å². The molecule has 0 bridgehead atoms. The zero-order valence-corrected chi connectivity index (χ0v) is 11.2. The molecule has 4 heteroatoms. The number of nitrogens with zero attached hydrogens (tertiary/aromatic N) is 2. The van der Waals surface area contributed by atoms with Crippen LogP contribution in [0.2, 0.25) is 0 Å². The van der Waals surface area contributed by atoms with Crippen molar-refractivity contribution in [3.63, 3.8) is 0 Å². The average molecular weight is 257 g/mol. The standard InChI is InChI=1S/C15H19N3O/c1-11-2-4-12(5-3-11)6-9-14-17-18-15(19-14)10-16-13-7-8-13/h2-5,13,16H,6-10H2,1H3. The summed E-state index contributed by atoms with van der Waals surface area (Å²) in [6, 6.07) is 9.24. The summed E-state index contributed by atoms with van der Waals surface area (Å²) in [4.78, 5) is 0. The minimum atomic E-state index is 0.669. The number of benzene rings is 1. The van der Waals surface area contributed by atoms with Gasteiger partial charge in [0.2, 0.25) is 11.8 Å². The highest BCUT2D eigenvalue weighted by molar-refractivity contribution is 5.21. The predicted molar refractivity (Wildman–Crippen MR) is 72.7 cm³/mol. The molecule has 3 rings (SSSR count). The van der Waals surface area contributed by atoms with Crippen LogP contribution in [0.1, 0.15) is 35.7 Å². The van der Waals surface area contributed by atoms with E-state index < -0.39 is 0 Å². The van der Waals surface area contributed by atoms with Gasteiger partial charge < -0.3 is 9.73 Å². The van der Waals surface area contributed by atoms with E-state index in [1.165, 1.54) is 24.0 Å². The molecule has 1 saturated carbocycles. The fourth-order valence-electron chi connectivity index (χ4n) is 1.99. The fourth-order valence-corrected chi connectivity index (χ4v) is 1.99. The molecule has 0 aliphatic heterocycles. The largest absolute Gasteiger partial charge is 0.424 e. The predicted octanol–water partition coefficient (Wildman–Crippen LogP) is 2.42. The molecule has 0 amide bonds. The summed E-state index contributed by atoms with van der Waals surface area (Å²) < 4.78 is 5.62. The summed E-state index contributed by atoms with van der Waals surface area (Å²) in [6.07, 6.45) is 4.29. The number of hydrogen-bond donors (Lipinski definition) is 1. The molecular weight excluding hydrogens is 238 g/mol. The highest BCUT2D eigenvalue weighted by atomic mass is 16.4. The van der Waals surface area contributed by atoms with Gasteiger partial charge in [-0.25, -0.2) is 0 Å². The Kier molecular flexibility index (Phi) is 3.60. The highest BCUT2D eigenvalue weighted by Crippen LogP contribution is 2.19. The van der Waals surface area contributed by atoms with E-state index in [1.54, 1.807) is 0 Å². The Morgan fingerprint density at radius 3 is 2.58 bits per heavy atom. The van der Waals surface area contributed by atoms with E-state index in [0.29, 0.717) is 18.5 Å². The van der Waals surface area contributed by atoms with E-state index in [0.717, 1.165) is 18.7 Å². The summed E-state index contributed by atoms with van der Waals surface area (Å²) >= 11 is 0. The van der Waals surface area contributed by atoms with Crippen LogP contribution in [0.5, 0.6) is 0 Å². The number of rotatable bonds is 6. The van der Waals surface area contributed by atoms with Gasteiger partial charge in [-0.1, -0.05) is 29.8 Å².